The van der Waals surface area contributed by atoms with Crippen molar-refractivity contribution in [2.45, 2.75) is 46.5 Å². The summed E-state index contributed by atoms with van der Waals surface area (Å²) in [5.41, 5.74) is 5.83. The molecular weight excluding hydrogens is 455 g/mol. The van der Waals surface area contributed by atoms with E-state index in [9.17, 15) is 0 Å². The van der Waals surface area contributed by atoms with E-state index < -0.39 is 0 Å². The third-order valence-electron chi connectivity index (χ3n) is 5.69. The molecule has 0 bridgehead atoms. The molecule has 0 amide bonds. The van der Waals surface area contributed by atoms with E-state index in [0.717, 1.165) is 6.42 Å². The summed E-state index contributed by atoms with van der Waals surface area (Å²) >= 11 is 2.28. The Morgan fingerprint density at radius 3 is 1.52 bits per heavy atom. The molecule has 0 N–H and O–H groups in total. The van der Waals surface area contributed by atoms with Crippen LogP contribution in [-0.4, -0.2) is 0 Å². The Morgan fingerprint density at radius 2 is 1.17 bits per heavy atom. The van der Waals surface area contributed by atoms with Crippen LogP contribution in [0.2, 0.25) is 0 Å². The van der Waals surface area contributed by atoms with Gasteiger partial charge in [0.2, 0.25) is 0 Å². The monoisotopic (exact) mass is 482 g/mol. The number of hydrogen-bond acceptors (Lipinski definition) is 0. The zero-order valence-corrected chi connectivity index (χ0v) is 21.6. The van der Waals surface area contributed by atoms with Crippen LogP contribution in [0.4, 0.5) is 0 Å². The number of rotatable bonds is 4. The molecule has 0 saturated carbocycles. The molecule has 0 fully saturated rings. The smallest absolute Gasteiger partial charge is 1.00 e. The van der Waals surface area contributed by atoms with Gasteiger partial charge in [-0.25, -0.2) is 0 Å². The molecule has 2 aromatic carbocycles. The molecule has 4 heteroatoms. The van der Waals surface area contributed by atoms with Crippen molar-refractivity contribution in [2.24, 2.45) is 11.3 Å². The fraction of sp³-hybridized carbons (Fsp3) is 0.360. The molecule has 0 atom stereocenters. The van der Waals surface area contributed by atoms with E-state index in [1.807, 2.05) is 0 Å². The normalized spacial score (nSPS) is 14.0. The minimum atomic E-state index is -0.136. The Hall–Kier alpha value is -0.496. The topological polar surface area (TPSA) is 0 Å². The first-order valence-corrected chi connectivity index (χ1v) is 10.3. The van der Waals surface area contributed by atoms with Gasteiger partial charge in [-0.1, -0.05) is 0 Å². The molecule has 2 aromatic rings. The van der Waals surface area contributed by atoms with Crippen LogP contribution in [0.5, 0.6) is 0 Å². The Bertz CT molecular complexity index is 792. The summed E-state index contributed by atoms with van der Waals surface area (Å²) in [5, 5.41) is 0. The Kier molecular flexibility index (Phi) is 11.0. The van der Waals surface area contributed by atoms with Crippen molar-refractivity contribution in [3.63, 3.8) is 0 Å². The molecule has 0 heterocycles. The maximum Gasteiger partial charge on any atom is -1.00 e. The van der Waals surface area contributed by atoms with Crippen molar-refractivity contribution in [1.29, 1.82) is 0 Å². The van der Waals surface area contributed by atoms with E-state index in [1.165, 1.54) is 15.0 Å². The molecule has 0 spiro atoms. The van der Waals surface area contributed by atoms with Gasteiger partial charge < -0.3 is 37.2 Å². The van der Waals surface area contributed by atoms with Gasteiger partial charge in [-0.2, -0.15) is 0 Å². The van der Waals surface area contributed by atoms with Crippen molar-refractivity contribution in [3.8, 4) is 0 Å². The number of halogens is 3. The van der Waals surface area contributed by atoms with Crippen LogP contribution < -0.4 is 37.2 Å². The summed E-state index contributed by atoms with van der Waals surface area (Å²) in [6.07, 6.45) is 3.47. The minimum absolute atomic E-state index is 0. The summed E-state index contributed by atoms with van der Waals surface area (Å²) < 4.78 is 1.45. The SMILES string of the molecule is CC(C)C1=C(C(c2ccccc2)(c2ccccc2)C(C)(C)C)CC=[C]1[Ti+3].[Cl-].[Cl-].[Cl-]. The standard InChI is InChI=1S/C25H29.3ClH.Ti/c1-19(2)22-17-12-18-23(22)25(24(3,4)5,20-13-8-6-9-14-20)21-15-10-7-11-16-21;;;;/h6-16,19H,18H2,1-5H3;3*1H;/q;;;;+3/p-3. The van der Waals surface area contributed by atoms with E-state index in [2.05, 4.69) is 122 Å². The zero-order valence-electron chi connectivity index (χ0n) is 17.8. The molecule has 29 heavy (non-hydrogen) atoms. The summed E-state index contributed by atoms with van der Waals surface area (Å²) in [6, 6.07) is 22.2. The van der Waals surface area contributed by atoms with Crippen LogP contribution in [0.15, 0.2) is 81.8 Å². The van der Waals surface area contributed by atoms with E-state index in [1.54, 1.807) is 11.1 Å². The van der Waals surface area contributed by atoms with Gasteiger partial charge >= 0.3 is 171 Å². The molecule has 0 nitrogen and oxygen atoms in total. The summed E-state index contributed by atoms with van der Waals surface area (Å²) in [7, 11) is 0. The Labute approximate surface area is 207 Å². The molecule has 0 aliphatic heterocycles. The predicted molar refractivity (Wildman–Crippen MR) is 108 cm³/mol. The fourth-order valence-electron chi connectivity index (χ4n) is 4.81. The predicted octanol–water partition coefficient (Wildman–Crippen LogP) is -2.18. The van der Waals surface area contributed by atoms with Crippen LogP contribution in [0.1, 0.15) is 52.2 Å². The van der Waals surface area contributed by atoms with E-state index in [0.29, 0.717) is 5.92 Å². The maximum atomic E-state index is 2.43. The van der Waals surface area contributed by atoms with Gasteiger partial charge in [0.25, 0.3) is 0 Å². The van der Waals surface area contributed by atoms with E-state index >= 15 is 0 Å². The van der Waals surface area contributed by atoms with Crippen LogP contribution in [-0.2, 0) is 25.9 Å². The van der Waals surface area contributed by atoms with Crippen molar-refractivity contribution in [2.75, 3.05) is 0 Å². The number of benzene rings is 2. The molecule has 0 radical (unpaired) electrons. The fourth-order valence-corrected chi connectivity index (χ4v) is 5.66. The van der Waals surface area contributed by atoms with Crippen LogP contribution >= 0.6 is 0 Å². The van der Waals surface area contributed by atoms with Gasteiger partial charge in [0.05, 0.1) is 0 Å². The molecule has 3 rings (SSSR count). The first-order valence-electron chi connectivity index (χ1n) is 9.57. The van der Waals surface area contributed by atoms with Crippen LogP contribution in [0, 0.1) is 11.3 Å². The van der Waals surface area contributed by atoms with Crippen molar-refractivity contribution < 1.29 is 57.7 Å². The van der Waals surface area contributed by atoms with Crippen LogP contribution in [0.3, 0.4) is 0 Å². The average molecular weight is 484 g/mol. The molecular formula is C25H29Cl3Ti. The third kappa shape index (κ3) is 5.05. The molecule has 1 aliphatic carbocycles. The molecule has 0 aromatic heterocycles. The van der Waals surface area contributed by atoms with Gasteiger partial charge in [0.15, 0.2) is 0 Å². The molecule has 0 saturated heterocycles. The summed E-state index contributed by atoms with van der Waals surface area (Å²) in [6.45, 7) is 11.9. The first kappa shape index (κ1) is 28.5. The second-order valence-electron chi connectivity index (χ2n) is 8.60. The first-order chi connectivity index (χ1) is 12.3. The van der Waals surface area contributed by atoms with Crippen LogP contribution in [0.25, 0.3) is 0 Å². The zero-order chi connectivity index (χ0) is 18.9. The van der Waals surface area contributed by atoms with Crippen molar-refractivity contribution in [3.05, 3.63) is 92.9 Å². The molecule has 154 valence electrons. The van der Waals surface area contributed by atoms with E-state index in [4.69, 9.17) is 0 Å². The van der Waals surface area contributed by atoms with Gasteiger partial charge in [0.1, 0.15) is 0 Å². The maximum absolute atomic E-state index is 2.43. The largest absolute Gasteiger partial charge is 1.00 e. The Morgan fingerprint density at radius 1 is 0.759 bits per heavy atom. The second-order valence-corrected chi connectivity index (χ2v) is 9.44. The Balaban J connectivity index is 0.00000261. The van der Waals surface area contributed by atoms with Gasteiger partial charge in [-0.05, 0) is 0 Å². The molecule has 1 aliphatic rings. The minimum Gasteiger partial charge on any atom is -1.00 e. The summed E-state index contributed by atoms with van der Waals surface area (Å²) in [5.74, 6) is 0.526. The van der Waals surface area contributed by atoms with Crippen molar-refractivity contribution >= 4 is 0 Å². The summed E-state index contributed by atoms with van der Waals surface area (Å²) in [4.78, 5) is 0. The van der Waals surface area contributed by atoms with Crippen molar-refractivity contribution in [1.82, 2.24) is 0 Å². The second kappa shape index (κ2) is 11.2. The van der Waals surface area contributed by atoms with Gasteiger partial charge in [-0.15, -0.1) is 0 Å². The van der Waals surface area contributed by atoms with Gasteiger partial charge in [0, 0.05) is 0 Å². The number of allylic oxidation sites excluding steroid dienone is 4. The van der Waals surface area contributed by atoms with Gasteiger partial charge in [-0.3, -0.25) is 0 Å². The molecule has 0 unspecified atom stereocenters. The van der Waals surface area contributed by atoms with E-state index in [-0.39, 0.29) is 48.1 Å². The third-order valence-corrected chi connectivity index (χ3v) is 6.43. The quantitative estimate of drug-likeness (QED) is 0.434. The number of hydrogen-bond donors (Lipinski definition) is 0. The average Bonchev–Trinajstić information content (AvgIpc) is 2.98.